The molecule has 0 saturated heterocycles. The number of aliphatic hydroxyl groups excluding tert-OH is 1. The quantitative estimate of drug-likeness (QED) is 0.725. The van der Waals surface area contributed by atoms with Gasteiger partial charge >= 0.3 is 6.03 Å². The van der Waals surface area contributed by atoms with E-state index in [9.17, 15) is 9.90 Å². The second-order valence-electron chi connectivity index (χ2n) is 4.55. The van der Waals surface area contributed by atoms with Crippen molar-refractivity contribution < 1.29 is 9.90 Å². The molecular weight excluding hydrogens is 284 g/mol. The first kappa shape index (κ1) is 16.3. The lowest BCUT2D eigenvalue weighted by molar-refractivity contribution is 0.114. The Hall–Kier alpha value is -0.780. The number of urea groups is 1. The van der Waals surface area contributed by atoms with E-state index in [0.29, 0.717) is 6.54 Å². The van der Waals surface area contributed by atoms with Crippen LogP contribution in [0.2, 0.25) is 4.34 Å². The number of amides is 2. The van der Waals surface area contributed by atoms with Gasteiger partial charge in [-0.15, -0.1) is 11.3 Å². The van der Waals surface area contributed by atoms with Crippen molar-refractivity contribution in [1.82, 2.24) is 10.6 Å². The fourth-order valence-electron chi connectivity index (χ4n) is 1.52. The molecule has 3 N–H and O–H groups in total. The van der Waals surface area contributed by atoms with Crippen molar-refractivity contribution in [2.24, 2.45) is 5.92 Å². The van der Waals surface area contributed by atoms with Crippen molar-refractivity contribution in [3.63, 3.8) is 0 Å². The monoisotopic (exact) mass is 304 g/mol. The van der Waals surface area contributed by atoms with Gasteiger partial charge in [0.05, 0.1) is 10.4 Å². The Balaban J connectivity index is 2.14. The van der Waals surface area contributed by atoms with Crippen LogP contribution in [0, 0.1) is 5.92 Å². The Bertz CT molecular complexity index is 398. The molecule has 0 fully saturated rings. The van der Waals surface area contributed by atoms with Crippen LogP contribution in [0.3, 0.4) is 0 Å². The number of hydrogen-bond donors (Lipinski definition) is 3. The predicted octanol–water partition coefficient (Wildman–Crippen LogP) is 2.65. The molecule has 0 radical (unpaired) electrons. The van der Waals surface area contributed by atoms with Gasteiger partial charge in [-0.3, -0.25) is 0 Å². The van der Waals surface area contributed by atoms with Gasteiger partial charge in [-0.2, -0.15) is 0 Å². The van der Waals surface area contributed by atoms with E-state index in [-0.39, 0.29) is 18.5 Å². The molecule has 0 aliphatic carbocycles. The smallest absolute Gasteiger partial charge is 0.314 e. The Labute approximate surface area is 123 Å². The van der Waals surface area contributed by atoms with E-state index in [4.69, 9.17) is 11.6 Å². The molecule has 0 spiro atoms. The number of carbonyl (C=O) groups excluding carboxylic acids is 1. The minimum absolute atomic E-state index is 0.188. The zero-order chi connectivity index (χ0) is 14.3. The highest BCUT2D eigenvalue weighted by Gasteiger charge is 2.12. The maximum atomic E-state index is 11.5. The number of carbonyl (C=O) groups is 1. The Morgan fingerprint density at radius 1 is 1.47 bits per heavy atom. The molecule has 0 aromatic carbocycles. The minimum Gasteiger partial charge on any atom is -0.391 e. The van der Waals surface area contributed by atoms with E-state index in [1.807, 2.05) is 26.0 Å². The summed E-state index contributed by atoms with van der Waals surface area (Å²) in [6.45, 7) is 4.82. The highest BCUT2D eigenvalue weighted by Crippen LogP contribution is 2.21. The Morgan fingerprint density at radius 2 is 2.21 bits per heavy atom. The molecule has 0 saturated carbocycles. The van der Waals surface area contributed by atoms with E-state index >= 15 is 0 Å². The third-order valence-electron chi connectivity index (χ3n) is 3.06. The second-order valence-corrected chi connectivity index (χ2v) is 6.35. The van der Waals surface area contributed by atoms with Gasteiger partial charge in [0, 0.05) is 18.0 Å². The zero-order valence-corrected chi connectivity index (χ0v) is 12.9. The molecule has 108 valence electrons. The standard InChI is InChI=1S/C13H21ClN2O2S/c1-3-9(2)11(17)8-16-13(18)15-7-6-10-4-5-12(14)19-10/h4-5,9,11,17H,3,6-8H2,1-2H3,(H2,15,16,18). The van der Waals surface area contributed by atoms with Gasteiger partial charge in [0.2, 0.25) is 0 Å². The number of aliphatic hydroxyl groups is 1. The third-order valence-corrected chi connectivity index (χ3v) is 4.35. The summed E-state index contributed by atoms with van der Waals surface area (Å²) in [5.41, 5.74) is 0. The molecule has 2 amide bonds. The van der Waals surface area contributed by atoms with Crippen LogP contribution in [0.15, 0.2) is 12.1 Å². The molecule has 0 bridgehead atoms. The molecule has 19 heavy (non-hydrogen) atoms. The fraction of sp³-hybridized carbons (Fsp3) is 0.615. The van der Waals surface area contributed by atoms with Crippen molar-refractivity contribution in [2.45, 2.75) is 32.8 Å². The SMILES string of the molecule is CCC(C)C(O)CNC(=O)NCCc1ccc(Cl)s1. The van der Waals surface area contributed by atoms with E-state index < -0.39 is 6.10 Å². The number of nitrogens with one attached hydrogen (secondary N) is 2. The van der Waals surface area contributed by atoms with Crippen LogP contribution in [-0.2, 0) is 6.42 Å². The number of hydrogen-bond acceptors (Lipinski definition) is 3. The van der Waals surface area contributed by atoms with Crippen molar-refractivity contribution in [2.75, 3.05) is 13.1 Å². The zero-order valence-electron chi connectivity index (χ0n) is 11.3. The molecule has 4 nitrogen and oxygen atoms in total. The first-order valence-electron chi connectivity index (χ1n) is 6.47. The first-order valence-corrected chi connectivity index (χ1v) is 7.66. The lowest BCUT2D eigenvalue weighted by atomic mass is 10.0. The predicted molar refractivity (Wildman–Crippen MR) is 79.9 cm³/mol. The summed E-state index contributed by atoms with van der Waals surface area (Å²) < 4.78 is 0.760. The molecule has 1 heterocycles. The van der Waals surface area contributed by atoms with E-state index in [1.165, 1.54) is 11.3 Å². The van der Waals surface area contributed by atoms with Crippen molar-refractivity contribution >= 4 is 29.0 Å². The van der Waals surface area contributed by atoms with Gasteiger partial charge in [0.15, 0.2) is 0 Å². The highest BCUT2D eigenvalue weighted by molar-refractivity contribution is 7.16. The van der Waals surface area contributed by atoms with Crippen LogP contribution in [0.1, 0.15) is 25.1 Å². The van der Waals surface area contributed by atoms with Gasteiger partial charge in [-0.05, 0) is 24.5 Å². The number of rotatable bonds is 7. The van der Waals surface area contributed by atoms with Crippen LogP contribution < -0.4 is 10.6 Å². The van der Waals surface area contributed by atoms with Gasteiger partial charge in [0.25, 0.3) is 0 Å². The van der Waals surface area contributed by atoms with Gasteiger partial charge < -0.3 is 15.7 Å². The van der Waals surface area contributed by atoms with E-state index in [0.717, 1.165) is 22.1 Å². The Kier molecular flexibility index (Phi) is 7.20. The molecule has 2 atom stereocenters. The van der Waals surface area contributed by atoms with Crippen LogP contribution in [0.4, 0.5) is 4.79 Å². The molecule has 0 aliphatic heterocycles. The largest absolute Gasteiger partial charge is 0.391 e. The van der Waals surface area contributed by atoms with Crippen molar-refractivity contribution in [3.8, 4) is 0 Å². The van der Waals surface area contributed by atoms with Crippen molar-refractivity contribution in [3.05, 3.63) is 21.3 Å². The second kappa shape index (κ2) is 8.40. The summed E-state index contributed by atoms with van der Waals surface area (Å²) >= 11 is 7.34. The van der Waals surface area contributed by atoms with Crippen LogP contribution in [-0.4, -0.2) is 30.3 Å². The molecule has 6 heteroatoms. The third kappa shape index (κ3) is 6.27. The highest BCUT2D eigenvalue weighted by atomic mass is 35.5. The molecule has 2 unspecified atom stereocenters. The van der Waals surface area contributed by atoms with Gasteiger partial charge in [-0.1, -0.05) is 31.9 Å². The maximum Gasteiger partial charge on any atom is 0.314 e. The van der Waals surface area contributed by atoms with Crippen LogP contribution in [0.25, 0.3) is 0 Å². The summed E-state index contributed by atoms with van der Waals surface area (Å²) in [6, 6.07) is 3.56. The normalized spacial score (nSPS) is 13.9. The topological polar surface area (TPSA) is 61.4 Å². The maximum absolute atomic E-state index is 11.5. The lowest BCUT2D eigenvalue weighted by Crippen LogP contribution is -2.41. The summed E-state index contributed by atoms with van der Waals surface area (Å²) in [6.07, 6.45) is 1.16. The average Bonchev–Trinajstić information content (AvgIpc) is 2.80. The van der Waals surface area contributed by atoms with E-state index in [2.05, 4.69) is 10.6 Å². The summed E-state index contributed by atoms with van der Waals surface area (Å²) in [7, 11) is 0. The molecule has 1 rings (SSSR count). The number of halogens is 1. The fourth-order valence-corrected chi connectivity index (χ4v) is 2.61. The van der Waals surface area contributed by atoms with Gasteiger partial charge in [0.1, 0.15) is 0 Å². The molecule has 0 aliphatic rings. The minimum atomic E-state index is -0.494. The van der Waals surface area contributed by atoms with Crippen LogP contribution >= 0.6 is 22.9 Å². The summed E-state index contributed by atoms with van der Waals surface area (Å²) in [5, 5.41) is 15.1. The average molecular weight is 305 g/mol. The molecule has 1 aromatic rings. The lowest BCUT2D eigenvalue weighted by Gasteiger charge is -2.17. The Morgan fingerprint density at radius 3 is 2.79 bits per heavy atom. The first-order chi connectivity index (χ1) is 9.02. The summed E-state index contributed by atoms with van der Waals surface area (Å²) in [5.74, 6) is 0.188. The van der Waals surface area contributed by atoms with Crippen molar-refractivity contribution in [1.29, 1.82) is 0 Å². The number of thiophene rings is 1. The molecular formula is C13H21ClN2O2S. The summed E-state index contributed by atoms with van der Waals surface area (Å²) in [4.78, 5) is 12.6. The van der Waals surface area contributed by atoms with Gasteiger partial charge in [-0.25, -0.2) is 4.79 Å². The van der Waals surface area contributed by atoms with Crippen LogP contribution in [0.5, 0.6) is 0 Å². The molecule has 1 aromatic heterocycles. The van der Waals surface area contributed by atoms with E-state index in [1.54, 1.807) is 0 Å².